The molecule has 1 aromatic carbocycles. The third-order valence-electron chi connectivity index (χ3n) is 2.78. The average molecular weight is 382 g/mol. The maximum Gasteiger partial charge on any atom is 0.341 e. The van der Waals surface area contributed by atoms with E-state index in [1.807, 2.05) is 0 Å². The summed E-state index contributed by atoms with van der Waals surface area (Å²) in [4.78, 5) is 11.4. The molecule has 8 heteroatoms. The highest BCUT2D eigenvalue weighted by Gasteiger charge is 2.21. The van der Waals surface area contributed by atoms with Gasteiger partial charge in [-0.1, -0.05) is 26.2 Å². The van der Waals surface area contributed by atoms with Crippen molar-refractivity contribution in [2.24, 2.45) is 5.14 Å². The molecule has 0 atom stereocenters. The lowest BCUT2D eigenvalue weighted by Crippen LogP contribution is -2.16. The normalized spacial score (nSPS) is 11.4. The van der Waals surface area contributed by atoms with Crippen molar-refractivity contribution in [2.45, 2.75) is 37.5 Å². The Morgan fingerprint density at radius 3 is 2.57 bits per heavy atom. The molecule has 5 nitrogen and oxygen atoms in total. The van der Waals surface area contributed by atoms with E-state index >= 15 is 0 Å². The van der Waals surface area contributed by atoms with E-state index in [0.717, 1.165) is 31.4 Å². The summed E-state index contributed by atoms with van der Waals surface area (Å²) in [5, 5.41) is 5.00. The Labute approximate surface area is 131 Å². The van der Waals surface area contributed by atoms with Gasteiger partial charge in [0.25, 0.3) is 0 Å². The fraction of sp³-hybridized carbons (Fsp3) is 0.462. The van der Waals surface area contributed by atoms with Crippen LogP contribution >= 0.6 is 15.9 Å². The lowest BCUT2D eigenvalue weighted by Gasteiger charge is -2.08. The Hall–Kier alpha value is -0.990. The second kappa shape index (κ2) is 7.86. The highest BCUT2D eigenvalue weighted by atomic mass is 79.9. The van der Waals surface area contributed by atoms with Gasteiger partial charge in [-0.2, -0.15) is 0 Å². The molecule has 0 bridgehead atoms. The third kappa shape index (κ3) is 5.37. The van der Waals surface area contributed by atoms with E-state index in [2.05, 4.69) is 22.9 Å². The number of nitrogens with two attached hydrogens (primary N) is 1. The van der Waals surface area contributed by atoms with Crippen LogP contribution in [0.25, 0.3) is 0 Å². The zero-order chi connectivity index (χ0) is 16.0. The molecule has 0 spiro atoms. The summed E-state index contributed by atoms with van der Waals surface area (Å²) in [6.45, 7) is 2.22. The maximum atomic E-state index is 13.7. The summed E-state index contributed by atoms with van der Waals surface area (Å²) in [7, 11) is -4.06. The zero-order valence-electron chi connectivity index (χ0n) is 11.6. The van der Waals surface area contributed by atoms with Gasteiger partial charge >= 0.3 is 5.97 Å². The van der Waals surface area contributed by atoms with Gasteiger partial charge in [0.1, 0.15) is 5.82 Å². The summed E-state index contributed by atoms with van der Waals surface area (Å²) in [6.07, 6.45) is 3.67. The molecule has 0 radical (unpaired) electrons. The minimum Gasteiger partial charge on any atom is -0.462 e. The van der Waals surface area contributed by atoms with E-state index in [0.29, 0.717) is 6.42 Å². The van der Waals surface area contributed by atoms with Crippen molar-refractivity contribution in [3.8, 4) is 0 Å². The number of hydrogen-bond acceptors (Lipinski definition) is 4. The fourth-order valence-corrected chi connectivity index (χ4v) is 3.28. The lowest BCUT2D eigenvalue weighted by molar-refractivity contribution is 0.0492. The van der Waals surface area contributed by atoms with Crippen LogP contribution in [-0.4, -0.2) is 21.0 Å². The number of sulfonamides is 1. The average Bonchev–Trinajstić information content (AvgIpc) is 2.36. The Bertz CT molecular complexity index is 619. The Balaban J connectivity index is 2.85. The molecule has 0 aliphatic heterocycles. The molecule has 0 saturated carbocycles. The van der Waals surface area contributed by atoms with Gasteiger partial charge < -0.3 is 4.74 Å². The molecule has 0 aromatic heterocycles. The first-order chi connectivity index (χ1) is 9.77. The smallest absolute Gasteiger partial charge is 0.341 e. The maximum absolute atomic E-state index is 13.7. The molecular weight excluding hydrogens is 365 g/mol. The van der Waals surface area contributed by atoms with E-state index < -0.39 is 27.4 Å². The van der Waals surface area contributed by atoms with E-state index in [9.17, 15) is 17.6 Å². The number of unbranched alkanes of at least 4 members (excludes halogenated alkanes) is 3. The Kier molecular flexibility index (Phi) is 6.76. The van der Waals surface area contributed by atoms with Crippen LogP contribution in [-0.2, 0) is 14.8 Å². The Morgan fingerprint density at radius 1 is 1.33 bits per heavy atom. The first kappa shape index (κ1) is 18.1. The molecule has 1 aromatic rings. The van der Waals surface area contributed by atoms with Crippen LogP contribution in [0.2, 0.25) is 0 Å². The summed E-state index contributed by atoms with van der Waals surface area (Å²) >= 11 is 2.90. The molecule has 21 heavy (non-hydrogen) atoms. The monoisotopic (exact) mass is 381 g/mol. The minimum atomic E-state index is -4.06. The van der Waals surface area contributed by atoms with Gasteiger partial charge in [-0.05, 0) is 34.5 Å². The summed E-state index contributed by atoms with van der Waals surface area (Å²) < 4.78 is 41.3. The van der Waals surface area contributed by atoms with Crippen molar-refractivity contribution in [3.05, 3.63) is 28.0 Å². The molecule has 0 amide bonds. The number of esters is 1. The molecule has 0 aliphatic carbocycles. The predicted octanol–water partition coefficient (Wildman–Crippen LogP) is 2.97. The minimum absolute atomic E-state index is 0.0398. The van der Waals surface area contributed by atoms with Gasteiger partial charge in [-0.3, -0.25) is 0 Å². The predicted molar refractivity (Wildman–Crippen MR) is 79.9 cm³/mol. The van der Waals surface area contributed by atoms with Gasteiger partial charge in [0.15, 0.2) is 0 Å². The third-order valence-corrected chi connectivity index (χ3v) is 4.65. The van der Waals surface area contributed by atoms with Crippen molar-refractivity contribution in [1.82, 2.24) is 0 Å². The molecular formula is C13H17BrFNO4S. The number of carbonyl (C=O) groups excluding carboxylic acids is 1. The summed E-state index contributed by atoms with van der Waals surface area (Å²) in [5.74, 6) is -1.77. The second-order valence-corrected chi connectivity index (χ2v) is 6.89. The number of halogens is 2. The highest BCUT2D eigenvalue weighted by molar-refractivity contribution is 9.10. The topological polar surface area (TPSA) is 86.5 Å². The van der Waals surface area contributed by atoms with Gasteiger partial charge in [-0.25, -0.2) is 22.7 Å². The number of hydrogen-bond donors (Lipinski definition) is 1. The van der Waals surface area contributed by atoms with Crippen LogP contribution in [0, 0.1) is 5.82 Å². The van der Waals surface area contributed by atoms with E-state index in [-0.39, 0.29) is 16.0 Å². The van der Waals surface area contributed by atoms with Crippen molar-refractivity contribution in [2.75, 3.05) is 6.61 Å². The quantitative estimate of drug-likeness (QED) is 0.580. The molecule has 0 heterocycles. The molecule has 118 valence electrons. The van der Waals surface area contributed by atoms with Gasteiger partial charge in [0, 0.05) is 4.47 Å². The SMILES string of the molecule is CCCCCCOC(=O)c1cc(S(N)(=O)=O)c(Br)cc1F. The number of carbonyl (C=O) groups is 1. The lowest BCUT2D eigenvalue weighted by atomic mass is 10.2. The van der Waals surface area contributed by atoms with Crippen LogP contribution in [0.3, 0.4) is 0 Å². The van der Waals surface area contributed by atoms with E-state index in [4.69, 9.17) is 9.88 Å². The molecule has 1 rings (SSSR count). The van der Waals surface area contributed by atoms with Crippen molar-refractivity contribution in [3.63, 3.8) is 0 Å². The summed E-state index contributed by atoms with van der Waals surface area (Å²) in [6, 6.07) is 1.76. The zero-order valence-corrected chi connectivity index (χ0v) is 14.0. The fourth-order valence-electron chi connectivity index (χ4n) is 1.68. The van der Waals surface area contributed by atoms with Crippen molar-refractivity contribution >= 4 is 31.9 Å². The van der Waals surface area contributed by atoms with E-state index in [1.165, 1.54) is 0 Å². The van der Waals surface area contributed by atoms with Crippen LogP contribution in [0.5, 0.6) is 0 Å². The van der Waals surface area contributed by atoms with Crippen LogP contribution < -0.4 is 5.14 Å². The number of primary sulfonamides is 1. The van der Waals surface area contributed by atoms with E-state index in [1.54, 1.807) is 0 Å². The molecule has 0 fully saturated rings. The largest absolute Gasteiger partial charge is 0.462 e. The Morgan fingerprint density at radius 2 is 2.00 bits per heavy atom. The van der Waals surface area contributed by atoms with Gasteiger partial charge in [-0.15, -0.1) is 0 Å². The first-order valence-corrected chi connectivity index (χ1v) is 8.80. The van der Waals surface area contributed by atoms with Gasteiger partial charge in [0.05, 0.1) is 17.1 Å². The number of benzene rings is 1. The number of rotatable bonds is 7. The first-order valence-electron chi connectivity index (χ1n) is 6.46. The summed E-state index contributed by atoms with van der Waals surface area (Å²) in [5.41, 5.74) is -0.447. The van der Waals surface area contributed by atoms with Crippen LogP contribution in [0.4, 0.5) is 4.39 Å². The highest BCUT2D eigenvalue weighted by Crippen LogP contribution is 2.25. The molecule has 0 aliphatic rings. The standard InChI is InChI=1S/C13H17BrFNO4S/c1-2-3-4-5-6-20-13(17)9-7-12(21(16,18)19)10(14)8-11(9)15/h7-8H,2-6H2,1H3,(H2,16,18,19). The van der Waals surface area contributed by atoms with Gasteiger partial charge in [0.2, 0.25) is 10.0 Å². The second-order valence-electron chi connectivity index (χ2n) is 4.50. The number of ether oxygens (including phenoxy) is 1. The molecule has 0 saturated heterocycles. The van der Waals surface area contributed by atoms with Crippen molar-refractivity contribution < 1.29 is 22.3 Å². The van der Waals surface area contributed by atoms with Crippen LogP contribution in [0.1, 0.15) is 43.0 Å². The molecule has 2 N–H and O–H groups in total. The van der Waals surface area contributed by atoms with Crippen molar-refractivity contribution in [1.29, 1.82) is 0 Å². The molecule has 0 unspecified atom stereocenters. The van der Waals surface area contributed by atoms with Crippen LogP contribution in [0.15, 0.2) is 21.5 Å².